The van der Waals surface area contributed by atoms with Gasteiger partial charge in [0.15, 0.2) is 0 Å². The number of nitrogens with zero attached hydrogens (tertiary/aromatic N) is 4. The molecule has 0 radical (unpaired) electrons. The maximum absolute atomic E-state index is 12.7. The highest BCUT2D eigenvalue weighted by molar-refractivity contribution is 6.33. The van der Waals surface area contributed by atoms with Crippen LogP contribution in [0.1, 0.15) is 17.4 Å². The van der Waals surface area contributed by atoms with Crippen LogP contribution >= 0.6 is 11.6 Å². The minimum Gasteiger partial charge on any atom is -0.392 e. The molecule has 0 bridgehead atoms. The number of carbonyl (C=O) groups excluding carboxylic acids is 1. The van der Waals surface area contributed by atoms with Crippen molar-refractivity contribution in [2.24, 2.45) is 7.05 Å². The lowest BCUT2D eigenvalue weighted by Crippen LogP contribution is -2.33. The van der Waals surface area contributed by atoms with E-state index in [2.05, 4.69) is 4.98 Å². The fourth-order valence-electron chi connectivity index (χ4n) is 2.82. The van der Waals surface area contributed by atoms with Gasteiger partial charge in [0, 0.05) is 43.6 Å². The Balaban J connectivity index is 2.11. The van der Waals surface area contributed by atoms with Crippen molar-refractivity contribution in [3.05, 3.63) is 57.7 Å². The van der Waals surface area contributed by atoms with Crippen molar-refractivity contribution in [3.63, 3.8) is 0 Å². The van der Waals surface area contributed by atoms with Gasteiger partial charge in [-0.25, -0.2) is 4.98 Å². The number of rotatable bonds is 4. The molecule has 1 atom stereocenters. The molecule has 8 heteroatoms. The monoisotopic (exact) mass is 374 g/mol. The van der Waals surface area contributed by atoms with Crippen molar-refractivity contribution < 1.29 is 9.90 Å². The van der Waals surface area contributed by atoms with E-state index in [0.717, 1.165) is 0 Å². The maximum atomic E-state index is 12.7. The number of imidazole rings is 1. The van der Waals surface area contributed by atoms with Crippen LogP contribution in [-0.4, -0.2) is 49.6 Å². The number of aliphatic hydroxyl groups excluding tert-OH is 1. The number of fused-ring (bicyclic) bond motifs is 1. The smallest absolute Gasteiger partial charge is 0.294 e. The molecule has 1 aromatic carbocycles. The van der Waals surface area contributed by atoms with Crippen LogP contribution in [0.5, 0.6) is 0 Å². The number of halogens is 1. The van der Waals surface area contributed by atoms with E-state index in [1.165, 1.54) is 20.1 Å². The average molecular weight is 375 g/mol. The van der Waals surface area contributed by atoms with E-state index in [9.17, 15) is 14.7 Å². The molecule has 2 aromatic heterocycles. The molecule has 26 heavy (non-hydrogen) atoms. The third-order valence-electron chi connectivity index (χ3n) is 4.10. The quantitative estimate of drug-likeness (QED) is 0.755. The summed E-state index contributed by atoms with van der Waals surface area (Å²) in [6, 6.07) is 7.22. The van der Waals surface area contributed by atoms with E-state index < -0.39 is 6.10 Å². The standard InChI is InChI=1S/C18H19ClN4O3/c1-11(24)8-21(2)17(25)14-9-23-10-15(12-6-4-5-7-13(12)19)22(3)18(26)16(23)20-14/h4-7,9-11,24H,8H2,1-3H3/t11-/m1/s1. The molecule has 1 N–H and O–H groups in total. The van der Waals surface area contributed by atoms with Crippen LogP contribution < -0.4 is 5.56 Å². The Morgan fingerprint density at radius 1 is 1.35 bits per heavy atom. The van der Waals surface area contributed by atoms with Crippen molar-refractivity contribution in [1.29, 1.82) is 0 Å². The van der Waals surface area contributed by atoms with Gasteiger partial charge < -0.3 is 14.6 Å². The predicted octanol–water partition coefficient (Wildman–Crippen LogP) is 1.81. The summed E-state index contributed by atoms with van der Waals surface area (Å²) in [7, 11) is 3.21. The molecule has 0 spiro atoms. The van der Waals surface area contributed by atoms with Gasteiger partial charge in [0.1, 0.15) is 5.69 Å². The summed E-state index contributed by atoms with van der Waals surface area (Å²) in [5.74, 6) is -0.365. The topological polar surface area (TPSA) is 79.8 Å². The molecule has 3 rings (SSSR count). The van der Waals surface area contributed by atoms with E-state index in [1.807, 2.05) is 18.2 Å². The molecular weight excluding hydrogens is 356 g/mol. The first-order chi connectivity index (χ1) is 12.3. The number of aliphatic hydroxyl groups is 1. The molecule has 0 aliphatic heterocycles. The Hall–Kier alpha value is -2.64. The lowest BCUT2D eigenvalue weighted by molar-refractivity contribution is 0.0699. The van der Waals surface area contributed by atoms with Gasteiger partial charge in [-0.2, -0.15) is 0 Å². The first kappa shape index (κ1) is 18.2. The fourth-order valence-corrected chi connectivity index (χ4v) is 3.06. The van der Waals surface area contributed by atoms with Crippen LogP contribution in [0.15, 0.2) is 41.5 Å². The molecule has 0 aliphatic carbocycles. The van der Waals surface area contributed by atoms with Gasteiger partial charge in [-0.05, 0) is 13.0 Å². The second kappa shape index (κ2) is 6.93. The largest absolute Gasteiger partial charge is 0.392 e. The Labute approximate surface area is 155 Å². The summed E-state index contributed by atoms with van der Waals surface area (Å²) >= 11 is 6.26. The number of amides is 1. The molecule has 0 aliphatic rings. The third-order valence-corrected chi connectivity index (χ3v) is 4.43. The Morgan fingerprint density at radius 3 is 2.69 bits per heavy atom. The van der Waals surface area contributed by atoms with Gasteiger partial charge in [0.25, 0.3) is 11.5 Å². The molecule has 136 valence electrons. The molecule has 3 aromatic rings. The van der Waals surface area contributed by atoms with E-state index in [1.54, 1.807) is 33.3 Å². The zero-order chi connectivity index (χ0) is 19.0. The Kier molecular flexibility index (Phi) is 4.84. The first-order valence-electron chi connectivity index (χ1n) is 8.06. The van der Waals surface area contributed by atoms with Crippen molar-refractivity contribution in [2.45, 2.75) is 13.0 Å². The zero-order valence-electron chi connectivity index (χ0n) is 14.7. The molecule has 0 fully saturated rings. The van der Waals surface area contributed by atoms with Crippen LogP contribution in [0.2, 0.25) is 5.02 Å². The summed E-state index contributed by atoms with van der Waals surface area (Å²) < 4.78 is 2.99. The van der Waals surface area contributed by atoms with Gasteiger partial charge in [0.05, 0.1) is 11.8 Å². The number of likely N-dealkylation sites (N-methyl/N-ethyl adjacent to an activating group) is 1. The Morgan fingerprint density at radius 2 is 2.04 bits per heavy atom. The van der Waals surface area contributed by atoms with Crippen LogP contribution in [0.25, 0.3) is 16.9 Å². The minimum atomic E-state index is -0.652. The third kappa shape index (κ3) is 3.23. The average Bonchev–Trinajstić information content (AvgIpc) is 3.01. The molecule has 0 saturated carbocycles. The lowest BCUT2D eigenvalue weighted by atomic mass is 10.1. The van der Waals surface area contributed by atoms with Gasteiger partial charge >= 0.3 is 0 Å². The number of aromatic nitrogens is 3. The van der Waals surface area contributed by atoms with E-state index in [4.69, 9.17) is 11.6 Å². The van der Waals surface area contributed by atoms with Crippen molar-refractivity contribution in [1.82, 2.24) is 18.9 Å². The highest BCUT2D eigenvalue weighted by atomic mass is 35.5. The number of hydrogen-bond donors (Lipinski definition) is 1. The first-order valence-corrected chi connectivity index (χ1v) is 8.44. The van der Waals surface area contributed by atoms with E-state index >= 15 is 0 Å². The van der Waals surface area contributed by atoms with E-state index in [-0.39, 0.29) is 29.4 Å². The molecule has 0 saturated heterocycles. The van der Waals surface area contributed by atoms with Gasteiger partial charge in [-0.3, -0.25) is 14.0 Å². The van der Waals surface area contributed by atoms with Crippen LogP contribution in [0.4, 0.5) is 0 Å². The summed E-state index contributed by atoms with van der Waals surface area (Å²) in [4.78, 5) is 30.7. The second-order valence-corrected chi connectivity index (χ2v) is 6.66. The van der Waals surface area contributed by atoms with Crippen molar-refractivity contribution in [3.8, 4) is 11.3 Å². The van der Waals surface area contributed by atoms with Crippen LogP contribution in [0.3, 0.4) is 0 Å². The molecular formula is C18H19ClN4O3. The SMILES string of the molecule is C[C@@H](O)CN(C)C(=O)c1cn2cc(-c3ccccc3Cl)n(C)c(=O)c2n1. The molecule has 2 heterocycles. The van der Waals surface area contributed by atoms with Crippen LogP contribution in [-0.2, 0) is 7.05 Å². The van der Waals surface area contributed by atoms with Gasteiger partial charge in [0.2, 0.25) is 5.65 Å². The second-order valence-electron chi connectivity index (χ2n) is 6.25. The minimum absolute atomic E-state index is 0.140. The van der Waals surface area contributed by atoms with Gasteiger partial charge in [-0.1, -0.05) is 29.8 Å². The van der Waals surface area contributed by atoms with Crippen molar-refractivity contribution >= 4 is 23.2 Å². The number of hydrogen-bond acceptors (Lipinski definition) is 4. The summed E-state index contributed by atoms with van der Waals surface area (Å²) in [6.07, 6.45) is 2.58. The maximum Gasteiger partial charge on any atom is 0.294 e. The normalized spacial score (nSPS) is 12.3. The molecule has 7 nitrogen and oxygen atoms in total. The fraction of sp³-hybridized carbons (Fsp3) is 0.278. The summed E-state index contributed by atoms with van der Waals surface area (Å²) in [5, 5.41) is 9.97. The summed E-state index contributed by atoms with van der Waals surface area (Å²) in [5.41, 5.74) is 1.28. The van der Waals surface area contributed by atoms with E-state index in [0.29, 0.717) is 16.3 Å². The number of benzene rings is 1. The van der Waals surface area contributed by atoms with Crippen LogP contribution in [0, 0.1) is 0 Å². The molecule has 1 amide bonds. The number of carbonyl (C=O) groups is 1. The summed E-state index contributed by atoms with van der Waals surface area (Å²) in [6.45, 7) is 1.77. The van der Waals surface area contributed by atoms with Gasteiger partial charge in [-0.15, -0.1) is 0 Å². The zero-order valence-corrected chi connectivity index (χ0v) is 15.4. The highest BCUT2D eigenvalue weighted by Gasteiger charge is 2.19. The highest BCUT2D eigenvalue weighted by Crippen LogP contribution is 2.26. The molecule has 0 unspecified atom stereocenters. The predicted molar refractivity (Wildman–Crippen MR) is 99.5 cm³/mol. The Bertz CT molecular complexity index is 1040. The lowest BCUT2D eigenvalue weighted by Gasteiger charge is -2.17. The van der Waals surface area contributed by atoms with Crippen molar-refractivity contribution in [2.75, 3.05) is 13.6 Å².